The van der Waals surface area contributed by atoms with Gasteiger partial charge in [0.2, 0.25) is 0 Å². The van der Waals surface area contributed by atoms with Gasteiger partial charge in [0.1, 0.15) is 11.4 Å². The van der Waals surface area contributed by atoms with Crippen LogP contribution in [0.1, 0.15) is 40.2 Å². The van der Waals surface area contributed by atoms with Crippen LogP contribution >= 0.6 is 11.3 Å². The first-order valence-corrected chi connectivity index (χ1v) is 8.05. The number of hydrogen-bond acceptors (Lipinski definition) is 5. The molecular weight excluding hydrogens is 286 g/mol. The number of aromatic nitrogens is 2. The molecule has 2 N–H and O–H groups in total. The fourth-order valence-electron chi connectivity index (χ4n) is 2.60. The summed E-state index contributed by atoms with van der Waals surface area (Å²) in [4.78, 5) is 20.2. The number of hydrogen-bond donors (Lipinski definition) is 2. The molecule has 2 aromatic rings. The van der Waals surface area contributed by atoms with Crippen LogP contribution in [0.5, 0.6) is 0 Å². The van der Waals surface area contributed by atoms with Crippen LogP contribution in [-0.4, -0.2) is 27.6 Å². The number of fused-ring (bicyclic) bond motifs is 1. The summed E-state index contributed by atoms with van der Waals surface area (Å²) in [5, 5.41) is 14.5. The van der Waals surface area contributed by atoms with Gasteiger partial charge in [-0.2, -0.15) is 0 Å². The van der Waals surface area contributed by atoms with Crippen LogP contribution < -0.4 is 5.32 Å². The number of anilines is 1. The predicted molar refractivity (Wildman–Crippen MR) is 82.1 cm³/mol. The molecule has 0 saturated carbocycles. The molecule has 0 spiro atoms. The smallest absolute Gasteiger partial charge is 0.339 e. The summed E-state index contributed by atoms with van der Waals surface area (Å²) in [7, 11) is 0. The number of pyridine rings is 1. The van der Waals surface area contributed by atoms with Crippen LogP contribution in [0.15, 0.2) is 17.0 Å². The molecule has 0 fully saturated rings. The van der Waals surface area contributed by atoms with Gasteiger partial charge in [-0.3, -0.25) is 0 Å². The minimum absolute atomic E-state index is 0.272. The lowest BCUT2D eigenvalue weighted by molar-refractivity contribution is 0.0697. The summed E-state index contributed by atoms with van der Waals surface area (Å²) in [5.74, 6) is -0.439. The van der Waals surface area contributed by atoms with E-state index in [1.54, 1.807) is 22.9 Å². The molecule has 5 nitrogen and oxygen atoms in total. The number of carbonyl (C=O) groups is 1. The van der Waals surface area contributed by atoms with Crippen LogP contribution in [0, 0.1) is 0 Å². The maximum Gasteiger partial charge on any atom is 0.339 e. The number of thiazole rings is 1. The Morgan fingerprint density at radius 3 is 3.00 bits per heavy atom. The van der Waals surface area contributed by atoms with E-state index in [4.69, 9.17) is 0 Å². The molecular formula is C15H17N3O2S. The molecule has 1 aliphatic carbocycles. The van der Waals surface area contributed by atoms with E-state index in [2.05, 4.69) is 15.3 Å². The Bertz CT molecular complexity index is 641. The van der Waals surface area contributed by atoms with Gasteiger partial charge in [0.15, 0.2) is 0 Å². The minimum atomic E-state index is -0.924. The number of nitrogens with zero attached hydrogens (tertiary/aromatic N) is 2. The predicted octanol–water partition coefficient (Wildman–Crippen LogP) is 2.77. The van der Waals surface area contributed by atoms with Gasteiger partial charge in [-0.1, -0.05) is 0 Å². The quantitative estimate of drug-likeness (QED) is 0.888. The number of carboxylic acid groups (broad SMARTS) is 1. The van der Waals surface area contributed by atoms with E-state index in [9.17, 15) is 9.90 Å². The monoisotopic (exact) mass is 303 g/mol. The van der Waals surface area contributed by atoms with Crippen LogP contribution in [0.25, 0.3) is 0 Å². The second-order valence-electron chi connectivity index (χ2n) is 5.16. The van der Waals surface area contributed by atoms with E-state index in [1.165, 1.54) is 0 Å². The fourth-order valence-corrected chi connectivity index (χ4v) is 3.19. The van der Waals surface area contributed by atoms with Crippen molar-refractivity contribution in [3.8, 4) is 0 Å². The zero-order chi connectivity index (χ0) is 14.7. The van der Waals surface area contributed by atoms with Gasteiger partial charge < -0.3 is 10.4 Å². The molecule has 1 aliphatic rings. The van der Waals surface area contributed by atoms with Crippen molar-refractivity contribution in [3.63, 3.8) is 0 Å². The lowest BCUT2D eigenvalue weighted by Gasteiger charge is -2.18. The van der Waals surface area contributed by atoms with Gasteiger partial charge in [-0.25, -0.2) is 14.8 Å². The second-order valence-corrected chi connectivity index (χ2v) is 5.88. The average Bonchev–Trinajstić information content (AvgIpc) is 2.99. The molecule has 0 aliphatic heterocycles. The number of carboxylic acids is 1. The van der Waals surface area contributed by atoms with E-state index in [0.29, 0.717) is 12.4 Å². The number of rotatable bonds is 5. The lowest BCUT2D eigenvalue weighted by atomic mass is 9.94. The molecule has 6 heteroatoms. The van der Waals surface area contributed by atoms with E-state index in [1.807, 2.05) is 5.38 Å². The van der Waals surface area contributed by atoms with E-state index in [-0.39, 0.29) is 5.56 Å². The molecule has 0 saturated heterocycles. The Morgan fingerprint density at radius 2 is 2.24 bits per heavy atom. The van der Waals surface area contributed by atoms with Crippen molar-refractivity contribution < 1.29 is 9.90 Å². The van der Waals surface area contributed by atoms with Crippen LogP contribution in [0.3, 0.4) is 0 Å². The summed E-state index contributed by atoms with van der Waals surface area (Å²) >= 11 is 1.56. The number of aryl methyl sites for hydroxylation is 2. The molecule has 2 heterocycles. The SMILES string of the molecule is O=C(O)c1cc2c(nc1NCCc1cscn1)CCCC2. The Balaban J connectivity index is 1.77. The summed E-state index contributed by atoms with van der Waals surface area (Å²) in [6, 6.07) is 1.79. The summed E-state index contributed by atoms with van der Waals surface area (Å²) in [6.07, 6.45) is 4.88. The Kier molecular flexibility index (Phi) is 4.15. The number of nitrogens with one attached hydrogen (secondary N) is 1. The number of aromatic carboxylic acids is 1. The maximum absolute atomic E-state index is 11.4. The van der Waals surface area contributed by atoms with Gasteiger partial charge in [0.25, 0.3) is 0 Å². The van der Waals surface area contributed by atoms with Crippen molar-refractivity contribution in [1.82, 2.24) is 9.97 Å². The van der Waals surface area contributed by atoms with Crippen LogP contribution in [0.4, 0.5) is 5.82 Å². The van der Waals surface area contributed by atoms with Crippen molar-refractivity contribution in [3.05, 3.63) is 39.5 Å². The Morgan fingerprint density at radius 1 is 1.38 bits per heavy atom. The average molecular weight is 303 g/mol. The van der Waals surface area contributed by atoms with Gasteiger partial charge in [0, 0.05) is 24.0 Å². The molecule has 2 aromatic heterocycles. The molecule has 0 radical (unpaired) electrons. The summed E-state index contributed by atoms with van der Waals surface area (Å²) in [6.45, 7) is 0.635. The highest BCUT2D eigenvalue weighted by molar-refractivity contribution is 7.07. The third-order valence-corrected chi connectivity index (χ3v) is 4.32. The van der Waals surface area contributed by atoms with E-state index >= 15 is 0 Å². The molecule has 21 heavy (non-hydrogen) atoms. The molecule has 110 valence electrons. The first kappa shape index (κ1) is 14.0. The van der Waals surface area contributed by atoms with Gasteiger partial charge in [-0.05, 0) is 37.3 Å². The Hall–Kier alpha value is -1.95. The second kappa shape index (κ2) is 6.22. The zero-order valence-electron chi connectivity index (χ0n) is 11.6. The normalized spacial score (nSPS) is 13.7. The molecule has 0 atom stereocenters. The van der Waals surface area contributed by atoms with Gasteiger partial charge in [-0.15, -0.1) is 11.3 Å². The summed E-state index contributed by atoms with van der Waals surface area (Å²) < 4.78 is 0. The van der Waals surface area contributed by atoms with Crippen molar-refractivity contribution in [2.45, 2.75) is 32.1 Å². The van der Waals surface area contributed by atoms with Crippen molar-refractivity contribution in [2.75, 3.05) is 11.9 Å². The fraction of sp³-hybridized carbons (Fsp3) is 0.400. The molecule has 3 rings (SSSR count). The molecule has 0 bridgehead atoms. The van der Waals surface area contributed by atoms with Gasteiger partial charge in [0.05, 0.1) is 11.2 Å². The van der Waals surface area contributed by atoms with E-state index in [0.717, 1.165) is 49.1 Å². The highest BCUT2D eigenvalue weighted by atomic mass is 32.1. The standard InChI is InChI=1S/C15H17N3O2S/c19-15(20)12-7-10-3-1-2-4-13(10)18-14(12)16-6-5-11-8-21-9-17-11/h7-9H,1-6H2,(H,16,18)(H,19,20). The van der Waals surface area contributed by atoms with Crippen LogP contribution in [-0.2, 0) is 19.3 Å². The Labute approximate surface area is 127 Å². The largest absolute Gasteiger partial charge is 0.478 e. The maximum atomic E-state index is 11.4. The van der Waals surface area contributed by atoms with Gasteiger partial charge >= 0.3 is 5.97 Å². The van der Waals surface area contributed by atoms with Crippen molar-refractivity contribution in [2.24, 2.45) is 0 Å². The molecule has 0 amide bonds. The highest BCUT2D eigenvalue weighted by Crippen LogP contribution is 2.24. The van der Waals surface area contributed by atoms with Crippen molar-refractivity contribution in [1.29, 1.82) is 0 Å². The molecule has 0 aromatic carbocycles. The first-order chi connectivity index (χ1) is 10.2. The first-order valence-electron chi connectivity index (χ1n) is 7.11. The minimum Gasteiger partial charge on any atom is -0.478 e. The third-order valence-electron chi connectivity index (χ3n) is 3.69. The topological polar surface area (TPSA) is 75.1 Å². The van der Waals surface area contributed by atoms with Crippen LogP contribution in [0.2, 0.25) is 0 Å². The third kappa shape index (κ3) is 3.21. The highest BCUT2D eigenvalue weighted by Gasteiger charge is 2.18. The zero-order valence-corrected chi connectivity index (χ0v) is 12.4. The lowest BCUT2D eigenvalue weighted by Crippen LogP contribution is -2.15. The van der Waals surface area contributed by atoms with Crippen molar-refractivity contribution >= 4 is 23.1 Å². The summed E-state index contributed by atoms with van der Waals surface area (Å²) in [5.41, 5.74) is 5.22. The van der Waals surface area contributed by atoms with E-state index < -0.39 is 5.97 Å². The molecule has 0 unspecified atom stereocenters.